The lowest BCUT2D eigenvalue weighted by Gasteiger charge is -2.40. The molecule has 1 atom stereocenters. The van der Waals surface area contributed by atoms with Crippen LogP contribution < -0.4 is 5.32 Å². The molecule has 118 valence electrons. The number of hydrogen-bond acceptors (Lipinski definition) is 4. The number of thiophene rings is 1. The van der Waals surface area contributed by atoms with Crippen LogP contribution in [-0.4, -0.2) is 44.7 Å². The van der Waals surface area contributed by atoms with Crippen LogP contribution in [0.2, 0.25) is 0 Å². The van der Waals surface area contributed by atoms with E-state index in [9.17, 15) is 4.79 Å². The van der Waals surface area contributed by atoms with Crippen LogP contribution in [0.25, 0.3) is 0 Å². The molecule has 1 unspecified atom stereocenters. The number of amides is 1. The zero-order valence-electron chi connectivity index (χ0n) is 13.4. The topological polar surface area (TPSA) is 41.6 Å². The molecule has 1 aromatic rings. The molecule has 1 aromatic heterocycles. The summed E-state index contributed by atoms with van der Waals surface area (Å²) < 4.78 is 5.37. The molecule has 0 saturated carbocycles. The van der Waals surface area contributed by atoms with Crippen LogP contribution >= 0.6 is 11.3 Å². The zero-order chi connectivity index (χ0) is 15.5. The van der Waals surface area contributed by atoms with Crippen molar-refractivity contribution in [3.05, 3.63) is 21.9 Å². The van der Waals surface area contributed by atoms with Crippen LogP contribution in [0.4, 0.5) is 0 Å². The summed E-state index contributed by atoms with van der Waals surface area (Å²) in [6.45, 7) is 6.48. The highest BCUT2D eigenvalue weighted by atomic mass is 32.1. The summed E-state index contributed by atoms with van der Waals surface area (Å²) in [5.74, 6) is 0.212. The van der Waals surface area contributed by atoms with Crippen LogP contribution in [0, 0.1) is 12.3 Å². The van der Waals surface area contributed by atoms with Gasteiger partial charge in [0.05, 0.1) is 18.1 Å². The molecule has 2 rings (SSSR count). The highest BCUT2D eigenvalue weighted by molar-refractivity contribution is 7.12. The van der Waals surface area contributed by atoms with E-state index in [-0.39, 0.29) is 17.4 Å². The lowest BCUT2D eigenvalue weighted by molar-refractivity contribution is -0.148. The van der Waals surface area contributed by atoms with E-state index >= 15 is 0 Å². The maximum Gasteiger partial charge on any atom is 0.231 e. The number of nitrogens with zero attached hydrogens (tertiary/aromatic N) is 1. The van der Waals surface area contributed by atoms with E-state index in [1.54, 1.807) is 18.4 Å². The second-order valence-electron chi connectivity index (χ2n) is 6.00. The monoisotopic (exact) mass is 310 g/mol. The summed E-state index contributed by atoms with van der Waals surface area (Å²) in [5, 5.41) is 3.33. The van der Waals surface area contributed by atoms with Crippen molar-refractivity contribution < 1.29 is 9.53 Å². The van der Waals surface area contributed by atoms with Gasteiger partial charge in [-0.05, 0) is 51.9 Å². The van der Waals surface area contributed by atoms with Crippen molar-refractivity contribution in [2.45, 2.75) is 32.7 Å². The Labute approximate surface area is 131 Å². The quantitative estimate of drug-likeness (QED) is 0.909. The average molecular weight is 310 g/mol. The fourth-order valence-electron chi connectivity index (χ4n) is 3.02. The van der Waals surface area contributed by atoms with Crippen LogP contribution in [0.15, 0.2) is 12.1 Å². The number of carbonyl (C=O) groups excluding carboxylic acids is 1. The average Bonchev–Trinajstić information content (AvgIpc) is 2.93. The van der Waals surface area contributed by atoms with Crippen LogP contribution in [0.5, 0.6) is 0 Å². The smallest absolute Gasteiger partial charge is 0.231 e. The van der Waals surface area contributed by atoms with Gasteiger partial charge in [-0.15, -0.1) is 11.3 Å². The minimum absolute atomic E-state index is 0.111. The lowest BCUT2D eigenvalue weighted by Crippen LogP contribution is -2.51. The number of aryl methyl sites for hydroxylation is 1. The third-order valence-corrected chi connectivity index (χ3v) is 5.68. The van der Waals surface area contributed by atoms with Gasteiger partial charge in [-0.3, -0.25) is 4.79 Å². The number of ether oxygens (including phenoxy) is 1. The molecule has 21 heavy (non-hydrogen) atoms. The first-order valence-electron chi connectivity index (χ1n) is 7.53. The summed E-state index contributed by atoms with van der Waals surface area (Å²) >= 11 is 1.76. The minimum atomic E-state index is -0.366. The highest BCUT2D eigenvalue weighted by Gasteiger charge is 2.42. The number of rotatable bonds is 5. The maximum atomic E-state index is 13.1. The predicted octanol–water partition coefficient (Wildman–Crippen LogP) is 2.59. The molecule has 4 nitrogen and oxygen atoms in total. The largest absolute Gasteiger partial charge is 0.384 e. The molecule has 1 aliphatic rings. The number of hydrogen-bond donors (Lipinski definition) is 1. The van der Waals surface area contributed by atoms with E-state index in [1.165, 1.54) is 9.75 Å². The molecule has 0 spiro atoms. The maximum absolute atomic E-state index is 13.1. The molecule has 2 heterocycles. The second kappa shape index (κ2) is 6.90. The Bertz CT molecular complexity index is 475. The van der Waals surface area contributed by atoms with Crippen molar-refractivity contribution in [2.24, 2.45) is 5.41 Å². The highest BCUT2D eigenvalue weighted by Crippen LogP contribution is 2.35. The van der Waals surface area contributed by atoms with E-state index in [0.717, 1.165) is 25.9 Å². The summed E-state index contributed by atoms with van der Waals surface area (Å²) in [7, 11) is 3.60. The number of methoxy groups -OCH3 is 1. The van der Waals surface area contributed by atoms with Crippen molar-refractivity contribution in [3.8, 4) is 0 Å². The zero-order valence-corrected chi connectivity index (χ0v) is 14.3. The van der Waals surface area contributed by atoms with Crippen molar-refractivity contribution in [3.63, 3.8) is 0 Å². The number of carbonyl (C=O) groups is 1. The SMILES string of the molecule is COCC1(C(=O)N(C)C(C)c2ccc(C)s2)CCNCC1. The molecule has 1 fully saturated rings. The molecule has 1 amide bonds. The van der Waals surface area contributed by atoms with Gasteiger partial charge >= 0.3 is 0 Å². The summed E-state index contributed by atoms with van der Waals surface area (Å²) in [6.07, 6.45) is 1.69. The number of piperidine rings is 1. The lowest BCUT2D eigenvalue weighted by atomic mass is 9.78. The van der Waals surface area contributed by atoms with Gasteiger partial charge in [0.2, 0.25) is 5.91 Å². The molecule has 1 saturated heterocycles. The van der Waals surface area contributed by atoms with Gasteiger partial charge < -0.3 is 15.0 Å². The first-order chi connectivity index (χ1) is 10.00. The molecule has 5 heteroatoms. The van der Waals surface area contributed by atoms with Crippen molar-refractivity contribution in [2.75, 3.05) is 33.9 Å². The first kappa shape index (κ1) is 16.5. The van der Waals surface area contributed by atoms with Gasteiger partial charge in [-0.25, -0.2) is 0 Å². The molecular weight excluding hydrogens is 284 g/mol. The van der Waals surface area contributed by atoms with Crippen LogP contribution in [0.1, 0.15) is 35.6 Å². The summed E-state index contributed by atoms with van der Waals surface area (Å²) in [4.78, 5) is 17.5. The molecule has 1 N–H and O–H groups in total. The summed E-state index contributed by atoms with van der Waals surface area (Å²) in [6, 6.07) is 4.35. The van der Waals surface area contributed by atoms with E-state index in [0.29, 0.717) is 6.61 Å². The Hall–Kier alpha value is -0.910. The first-order valence-corrected chi connectivity index (χ1v) is 8.35. The third kappa shape index (κ3) is 3.47. The van der Waals surface area contributed by atoms with E-state index in [4.69, 9.17) is 4.74 Å². The Balaban J connectivity index is 2.15. The normalized spacial score (nSPS) is 19.2. The molecule has 0 bridgehead atoms. The Morgan fingerprint density at radius 1 is 1.48 bits per heavy atom. The predicted molar refractivity (Wildman–Crippen MR) is 86.7 cm³/mol. The van der Waals surface area contributed by atoms with Gasteiger partial charge in [-0.1, -0.05) is 0 Å². The van der Waals surface area contributed by atoms with Crippen LogP contribution in [0.3, 0.4) is 0 Å². The fraction of sp³-hybridized carbons (Fsp3) is 0.688. The molecule has 0 aliphatic carbocycles. The Morgan fingerprint density at radius 2 is 2.14 bits per heavy atom. The standard InChI is InChI=1S/C16H26N2O2S/c1-12-5-6-14(21-12)13(2)18(3)15(19)16(11-20-4)7-9-17-10-8-16/h5-6,13,17H,7-11H2,1-4H3. The van der Waals surface area contributed by atoms with Crippen molar-refractivity contribution in [1.82, 2.24) is 10.2 Å². The van der Waals surface area contributed by atoms with Gasteiger partial charge in [-0.2, -0.15) is 0 Å². The van der Waals surface area contributed by atoms with Gasteiger partial charge in [0.1, 0.15) is 0 Å². The molecule has 0 radical (unpaired) electrons. The van der Waals surface area contributed by atoms with E-state index < -0.39 is 0 Å². The third-order valence-electron chi connectivity index (χ3n) is 4.51. The van der Waals surface area contributed by atoms with Gasteiger partial charge in [0.15, 0.2) is 0 Å². The van der Waals surface area contributed by atoms with Crippen LogP contribution in [-0.2, 0) is 9.53 Å². The van der Waals surface area contributed by atoms with Crippen molar-refractivity contribution in [1.29, 1.82) is 0 Å². The Kier molecular flexibility index (Phi) is 5.41. The van der Waals surface area contributed by atoms with E-state index in [2.05, 4.69) is 31.3 Å². The Morgan fingerprint density at radius 3 is 2.67 bits per heavy atom. The number of nitrogens with one attached hydrogen (secondary N) is 1. The van der Waals surface area contributed by atoms with Gasteiger partial charge in [0.25, 0.3) is 0 Å². The fourth-order valence-corrected chi connectivity index (χ4v) is 3.99. The van der Waals surface area contributed by atoms with E-state index in [1.807, 2.05) is 11.9 Å². The van der Waals surface area contributed by atoms with Crippen molar-refractivity contribution >= 4 is 17.2 Å². The van der Waals surface area contributed by atoms with Gasteiger partial charge in [0, 0.05) is 23.9 Å². The molecular formula is C16H26N2O2S. The molecule has 1 aliphatic heterocycles. The minimum Gasteiger partial charge on any atom is -0.384 e. The second-order valence-corrected chi connectivity index (χ2v) is 7.32. The summed E-state index contributed by atoms with van der Waals surface area (Å²) in [5.41, 5.74) is -0.366. The molecule has 0 aromatic carbocycles.